The highest BCUT2D eigenvalue weighted by atomic mass is 32.2. The minimum Gasteiger partial charge on any atom is -0.334 e. The first-order chi connectivity index (χ1) is 11.6. The van der Waals surface area contributed by atoms with Crippen molar-refractivity contribution in [3.8, 4) is 0 Å². The molecule has 4 rings (SSSR count). The lowest BCUT2D eigenvalue weighted by Crippen LogP contribution is -2.47. The summed E-state index contributed by atoms with van der Waals surface area (Å²) < 4.78 is 63.7. The van der Waals surface area contributed by atoms with Crippen molar-refractivity contribution >= 4 is 15.9 Å². The SMILES string of the molecule is CS(=O)(=O)N1C[C@@H]2CC[C@H](C1)N(C(=O)c1cccc(C(F)(F)F)c1)C2. The summed E-state index contributed by atoms with van der Waals surface area (Å²) in [6.07, 6.45) is -1.91. The average molecular weight is 376 g/mol. The smallest absolute Gasteiger partial charge is 0.334 e. The normalized spacial score (nSPS) is 25.0. The van der Waals surface area contributed by atoms with E-state index in [9.17, 15) is 26.4 Å². The highest BCUT2D eigenvalue weighted by Crippen LogP contribution is 2.32. The number of hydrogen-bond donors (Lipinski definition) is 0. The van der Waals surface area contributed by atoms with Crippen LogP contribution >= 0.6 is 0 Å². The molecule has 0 saturated carbocycles. The van der Waals surface area contributed by atoms with Gasteiger partial charge in [-0.1, -0.05) is 6.07 Å². The van der Waals surface area contributed by atoms with Crippen LogP contribution in [0.4, 0.5) is 13.2 Å². The maximum atomic E-state index is 12.9. The topological polar surface area (TPSA) is 57.7 Å². The van der Waals surface area contributed by atoms with Crippen LogP contribution < -0.4 is 0 Å². The third-order valence-electron chi connectivity index (χ3n) is 4.85. The van der Waals surface area contributed by atoms with E-state index in [-0.39, 0.29) is 24.1 Å². The fraction of sp³-hybridized carbons (Fsp3) is 0.562. The highest BCUT2D eigenvalue weighted by molar-refractivity contribution is 7.88. The zero-order valence-electron chi connectivity index (χ0n) is 13.7. The first-order valence-electron chi connectivity index (χ1n) is 7.99. The second-order valence-electron chi connectivity index (χ2n) is 6.71. The van der Waals surface area contributed by atoms with Crippen LogP contribution in [0.3, 0.4) is 0 Å². The second-order valence-corrected chi connectivity index (χ2v) is 8.70. The van der Waals surface area contributed by atoms with Gasteiger partial charge in [0.1, 0.15) is 0 Å². The Labute approximate surface area is 144 Å². The van der Waals surface area contributed by atoms with Gasteiger partial charge in [0.25, 0.3) is 5.91 Å². The van der Waals surface area contributed by atoms with E-state index < -0.39 is 27.7 Å². The highest BCUT2D eigenvalue weighted by Gasteiger charge is 2.40. The predicted octanol–water partition coefficient (Wildman–Crippen LogP) is 2.20. The summed E-state index contributed by atoms with van der Waals surface area (Å²) in [6, 6.07) is 4.06. The molecule has 138 valence electrons. The Morgan fingerprint density at radius 1 is 1.16 bits per heavy atom. The van der Waals surface area contributed by atoms with E-state index in [0.717, 1.165) is 24.8 Å². The number of alkyl halides is 3. The van der Waals surface area contributed by atoms with Gasteiger partial charge in [-0.25, -0.2) is 8.42 Å². The zero-order chi connectivity index (χ0) is 18.4. The van der Waals surface area contributed by atoms with Gasteiger partial charge in [0.15, 0.2) is 0 Å². The molecule has 3 fully saturated rings. The summed E-state index contributed by atoms with van der Waals surface area (Å²) >= 11 is 0. The van der Waals surface area contributed by atoms with Crippen LogP contribution in [0.1, 0.15) is 28.8 Å². The lowest BCUT2D eigenvalue weighted by atomic mass is 9.94. The Kier molecular flexibility index (Phi) is 4.57. The number of carbonyl (C=O) groups is 1. The maximum Gasteiger partial charge on any atom is 0.416 e. The molecule has 1 aromatic carbocycles. The van der Waals surface area contributed by atoms with E-state index in [4.69, 9.17) is 0 Å². The number of nitrogens with zero attached hydrogens (tertiary/aromatic N) is 2. The molecule has 9 heteroatoms. The standard InChI is InChI=1S/C16H19F3N2O3S/c1-25(23,24)20-8-11-5-6-14(10-20)21(9-11)15(22)12-3-2-4-13(7-12)16(17,18)19/h2-4,7,11,14H,5-6,8-10H2,1H3/t11-,14+/m0/s1. The van der Waals surface area contributed by atoms with Crippen molar-refractivity contribution in [1.29, 1.82) is 0 Å². The predicted molar refractivity (Wildman–Crippen MR) is 85.4 cm³/mol. The zero-order valence-corrected chi connectivity index (χ0v) is 14.5. The van der Waals surface area contributed by atoms with Crippen LogP contribution in [0.15, 0.2) is 24.3 Å². The van der Waals surface area contributed by atoms with Crippen molar-refractivity contribution in [2.45, 2.75) is 25.1 Å². The molecule has 0 aliphatic carbocycles. The number of rotatable bonds is 2. The van der Waals surface area contributed by atoms with Gasteiger partial charge in [-0.15, -0.1) is 0 Å². The van der Waals surface area contributed by atoms with Gasteiger partial charge in [0.05, 0.1) is 11.8 Å². The van der Waals surface area contributed by atoms with Crippen LogP contribution in [0.25, 0.3) is 0 Å². The summed E-state index contributed by atoms with van der Waals surface area (Å²) in [4.78, 5) is 14.3. The molecule has 2 atom stereocenters. The van der Waals surface area contributed by atoms with Crippen molar-refractivity contribution in [3.63, 3.8) is 0 Å². The Balaban J connectivity index is 1.86. The second kappa shape index (κ2) is 6.28. The van der Waals surface area contributed by atoms with Gasteiger partial charge in [-0.2, -0.15) is 17.5 Å². The quantitative estimate of drug-likeness (QED) is 0.795. The van der Waals surface area contributed by atoms with E-state index in [0.29, 0.717) is 19.5 Å². The molecule has 3 aliphatic heterocycles. The van der Waals surface area contributed by atoms with Crippen LogP contribution in [0.2, 0.25) is 0 Å². The summed E-state index contributed by atoms with van der Waals surface area (Å²) in [5.74, 6) is -0.473. The third kappa shape index (κ3) is 3.82. The van der Waals surface area contributed by atoms with Gasteiger partial charge < -0.3 is 4.90 Å². The number of halogens is 3. The molecule has 0 N–H and O–H groups in total. The number of piperidine rings is 1. The molecule has 1 amide bonds. The van der Waals surface area contributed by atoms with Crippen LogP contribution in [0, 0.1) is 5.92 Å². The lowest BCUT2D eigenvalue weighted by Gasteiger charge is -2.36. The number of benzene rings is 1. The molecular weight excluding hydrogens is 357 g/mol. The van der Waals surface area contributed by atoms with E-state index >= 15 is 0 Å². The third-order valence-corrected chi connectivity index (χ3v) is 6.08. The fourth-order valence-electron chi connectivity index (χ4n) is 3.55. The minimum atomic E-state index is -4.51. The van der Waals surface area contributed by atoms with Crippen molar-refractivity contribution in [3.05, 3.63) is 35.4 Å². The molecule has 0 aromatic heterocycles. The first kappa shape index (κ1) is 18.2. The maximum absolute atomic E-state index is 12.9. The molecule has 1 aromatic rings. The van der Waals surface area contributed by atoms with Gasteiger partial charge in [0, 0.05) is 31.2 Å². The van der Waals surface area contributed by atoms with Gasteiger partial charge >= 0.3 is 6.18 Å². The minimum absolute atomic E-state index is 0.00298. The average Bonchev–Trinajstić information content (AvgIpc) is 2.85. The summed E-state index contributed by atoms with van der Waals surface area (Å²) in [7, 11) is -3.37. The van der Waals surface area contributed by atoms with Gasteiger partial charge in [0.2, 0.25) is 10.0 Å². The van der Waals surface area contributed by atoms with Crippen LogP contribution in [-0.4, -0.2) is 55.5 Å². The molecule has 3 heterocycles. The summed E-state index contributed by atoms with van der Waals surface area (Å²) in [5.41, 5.74) is -0.885. The van der Waals surface area contributed by atoms with E-state index in [1.807, 2.05) is 0 Å². The Bertz CT molecular complexity index is 779. The molecule has 3 aliphatic rings. The molecule has 2 bridgehead atoms. The molecule has 25 heavy (non-hydrogen) atoms. The Hall–Kier alpha value is -1.61. The van der Waals surface area contributed by atoms with Crippen molar-refractivity contribution < 1.29 is 26.4 Å². The van der Waals surface area contributed by atoms with Crippen molar-refractivity contribution in [2.24, 2.45) is 5.92 Å². The molecular formula is C16H19F3N2O3S. The molecule has 5 nitrogen and oxygen atoms in total. The number of amides is 1. The summed E-state index contributed by atoms with van der Waals surface area (Å²) in [5, 5.41) is 0. The molecule has 3 saturated heterocycles. The molecule has 0 spiro atoms. The van der Waals surface area contributed by atoms with Crippen LogP contribution in [0.5, 0.6) is 0 Å². The molecule has 0 radical (unpaired) electrons. The van der Waals surface area contributed by atoms with Crippen LogP contribution in [-0.2, 0) is 16.2 Å². The van der Waals surface area contributed by atoms with Crippen molar-refractivity contribution in [2.75, 3.05) is 25.9 Å². The Morgan fingerprint density at radius 2 is 1.88 bits per heavy atom. The van der Waals surface area contributed by atoms with Gasteiger partial charge in [-0.3, -0.25) is 4.79 Å². The number of hydrogen-bond acceptors (Lipinski definition) is 3. The van der Waals surface area contributed by atoms with E-state index in [1.54, 1.807) is 0 Å². The number of carbonyl (C=O) groups excluding carboxylic acids is 1. The van der Waals surface area contributed by atoms with E-state index in [2.05, 4.69) is 0 Å². The summed E-state index contributed by atoms with van der Waals surface area (Å²) in [6.45, 7) is 0.910. The molecule has 0 unspecified atom stereocenters. The van der Waals surface area contributed by atoms with Crippen molar-refractivity contribution in [1.82, 2.24) is 9.21 Å². The monoisotopic (exact) mass is 376 g/mol. The van der Waals surface area contributed by atoms with E-state index in [1.165, 1.54) is 21.3 Å². The lowest BCUT2D eigenvalue weighted by molar-refractivity contribution is -0.137. The largest absolute Gasteiger partial charge is 0.416 e. The van der Waals surface area contributed by atoms with Gasteiger partial charge in [-0.05, 0) is 37.0 Å². The number of fused-ring (bicyclic) bond motifs is 4. The fourth-order valence-corrected chi connectivity index (χ4v) is 4.48. The Morgan fingerprint density at radius 3 is 2.52 bits per heavy atom. The number of sulfonamides is 1. The first-order valence-corrected chi connectivity index (χ1v) is 9.84.